The Morgan fingerprint density at radius 2 is 1.76 bits per heavy atom. The fraction of sp³-hybridized carbons (Fsp3) is 0.923. The summed E-state index contributed by atoms with van der Waals surface area (Å²) in [4.78, 5) is 13.5. The molecular weight excluding hydrogens is 216 g/mol. The van der Waals surface area contributed by atoms with E-state index in [9.17, 15) is 10.0 Å². The first kappa shape index (κ1) is 16.6. The third kappa shape index (κ3) is 10.4. The molecule has 0 bridgehead atoms. The van der Waals surface area contributed by atoms with Crippen molar-refractivity contribution in [3.8, 4) is 0 Å². The van der Waals surface area contributed by atoms with E-state index < -0.39 is 0 Å². The van der Waals surface area contributed by atoms with Crippen LogP contribution < -0.4 is 5.06 Å². The molecule has 1 unspecified atom stereocenters. The summed E-state index contributed by atoms with van der Waals surface area (Å²) >= 11 is 0. The summed E-state index contributed by atoms with van der Waals surface area (Å²) in [6.07, 6.45) is 6.79. The second-order valence-electron chi connectivity index (χ2n) is 4.92. The summed E-state index contributed by atoms with van der Waals surface area (Å²) in [5, 5.41) is 11.3. The molecule has 0 aliphatic heterocycles. The second-order valence-corrected chi connectivity index (χ2v) is 4.92. The van der Waals surface area contributed by atoms with Crippen LogP contribution in [0.25, 0.3) is 0 Å². The number of nitrogens with zero attached hydrogens (tertiary/aromatic N) is 1. The minimum absolute atomic E-state index is 0.166. The van der Waals surface area contributed by atoms with Gasteiger partial charge in [0.15, 0.2) is 0 Å². The van der Waals surface area contributed by atoms with E-state index in [1.807, 2.05) is 19.0 Å². The van der Waals surface area contributed by atoms with Gasteiger partial charge in [0, 0.05) is 13.0 Å². The monoisotopic (exact) mass is 244 g/mol. The Morgan fingerprint density at radius 3 is 2.35 bits per heavy atom. The molecule has 0 heterocycles. The van der Waals surface area contributed by atoms with Gasteiger partial charge in [-0.1, -0.05) is 32.6 Å². The van der Waals surface area contributed by atoms with Gasteiger partial charge in [-0.05, 0) is 20.5 Å². The van der Waals surface area contributed by atoms with Gasteiger partial charge >= 0.3 is 5.91 Å². The maximum atomic E-state index is 11.5. The van der Waals surface area contributed by atoms with Crippen molar-refractivity contribution in [2.24, 2.45) is 0 Å². The van der Waals surface area contributed by atoms with Crippen LogP contribution in [-0.4, -0.2) is 38.0 Å². The molecule has 0 saturated carbocycles. The van der Waals surface area contributed by atoms with Crippen LogP contribution in [0.3, 0.4) is 0 Å². The quantitative estimate of drug-likeness (QED) is 0.464. The smallest absolute Gasteiger partial charge is 0.312 e. The summed E-state index contributed by atoms with van der Waals surface area (Å²) in [5.74, 6) is -0.166. The zero-order chi connectivity index (χ0) is 13.1. The number of carbonyl (C=O) groups excluding carboxylic acids is 1. The van der Waals surface area contributed by atoms with Crippen molar-refractivity contribution in [2.45, 2.75) is 51.9 Å². The van der Waals surface area contributed by atoms with Crippen LogP contribution in [0.5, 0.6) is 0 Å². The van der Waals surface area contributed by atoms with Crippen molar-refractivity contribution in [1.29, 1.82) is 0 Å². The lowest BCUT2D eigenvalue weighted by Crippen LogP contribution is -3.10. The van der Waals surface area contributed by atoms with E-state index in [2.05, 4.69) is 6.92 Å². The summed E-state index contributed by atoms with van der Waals surface area (Å²) in [5.41, 5.74) is 0. The maximum Gasteiger partial charge on any atom is 0.312 e. The van der Waals surface area contributed by atoms with Gasteiger partial charge in [0.1, 0.15) is 0 Å². The Hall–Kier alpha value is -0.450. The third-order valence-corrected chi connectivity index (χ3v) is 2.83. The normalized spacial score (nSPS) is 13.0. The summed E-state index contributed by atoms with van der Waals surface area (Å²) in [7, 11) is 3.94. The highest BCUT2D eigenvalue weighted by molar-refractivity contribution is 5.66. The van der Waals surface area contributed by atoms with Crippen LogP contribution >= 0.6 is 0 Å². The number of carbonyl (C=O) groups is 1. The van der Waals surface area contributed by atoms with E-state index in [4.69, 9.17) is 0 Å². The predicted octanol–water partition coefficient (Wildman–Crippen LogP) is 1.21. The van der Waals surface area contributed by atoms with Crippen molar-refractivity contribution in [1.82, 2.24) is 4.90 Å². The first-order valence-electron chi connectivity index (χ1n) is 6.78. The van der Waals surface area contributed by atoms with Gasteiger partial charge in [0.2, 0.25) is 0 Å². The molecule has 102 valence electrons. The van der Waals surface area contributed by atoms with Gasteiger partial charge in [-0.3, -0.25) is 0 Å². The van der Waals surface area contributed by atoms with E-state index in [1.165, 1.54) is 19.3 Å². The lowest BCUT2D eigenvalue weighted by Gasteiger charge is -2.20. The highest BCUT2D eigenvalue weighted by atomic mass is 16.5. The number of quaternary nitrogens is 1. The highest BCUT2D eigenvalue weighted by Gasteiger charge is 2.09. The van der Waals surface area contributed by atoms with Crippen molar-refractivity contribution < 1.29 is 9.86 Å². The van der Waals surface area contributed by atoms with Gasteiger partial charge in [-0.25, -0.2) is 4.79 Å². The topological polar surface area (TPSA) is 47.8 Å². The Labute approximate surface area is 106 Å². The Bertz CT molecular complexity index is 196. The minimum Gasteiger partial charge on any atom is -0.627 e. The number of hydrogen-bond acceptors (Lipinski definition) is 3. The summed E-state index contributed by atoms with van der Waals surface area (Å²) in [6.45, 7) is 3.45. The fourth-order valence-electron chi connectivity index (χ4n) is 1.72. The maximum absolute atomic E-state index is 11.5. The Balaban J connectivity index is 3.47. The molecule has 4 nitrogen and oxygen atoms in total. The summed E-state index contributed by atoms with van der Waals surface area (Å²) in [6, 6.07) is 0. The molecule has 0 aromatic rings. The van der Waals surface area contributed by atoms with Crippen LogP contribution in [0.4, 0.5) is 0 Å². The van der Waals surface area contributed by atoms with Gasteiger partial charge in [-0.2, -0.15) is 0 Å². The molecule has 0 aliphatic rings. The molecular formula is C13H28N2O2. The van der Waals surface area contributed by atoms with Gasteiger partial charge < -0.3 is 15.2 Å². The minimum atomic E-state index is -0.178. The van der Waals surface area contributed by atoms with E-state index >= 15 is 0 Å². The average Bonchev–Trinajstić information content (AvgIpc) is 2.27. The molecule has 0 rings (SSSR count). The summed E-state index contributed by atoms with van der Waals surface area (Å²) < 4.78 is 0. The molecule has 0 aromatic carbocycles. The zero-order valence-corrected chi connectivity index (χ0v) is 11.6. The highest BCUT2D eigenvalue weighted by Crippen LogP contribution is 2.03. The van der Waals surface area contributed by atoms with Crippen LogP contribution in [0.15, 0.2) is 0 Å². The molecule has 0 aliphatic carbocycles. The number of hydroxylamine groups is 2. The number of hydrogen-bond donors (Lipinski definition) is 1. The molecule has 1 amide bonds. The van der Waals surface area contributed by atoms with Crippen LogP contribution in [0, 0.1) is 5.21 Å². The lowest BCUT2D eigenvalue weighted by molar-refractivity contribution is -0.765. The first-order valence-corrected chi connectivity index (χ1v) is 6.78. The molecule has 1 N–H and O–H groups in total. The van der Waals surface area contributed by atoms with Gasteiger partial charge in [-0.15, -0.1) is 0 Å². The molecule has 0 fully saturated rings. The fourth-order valence-corrected chi connectivity index (χ4v) is 1.72. The molecule has 17 heavy (non-hydrogen) atoms. The van der Waals surface area contributed by atoms with E-state index in [1.54, 1.807) is 0 Å². The molecule has 0 saturated heterocycles. The number of amides is 1. The van der Waals surface area contributed by atoms with Gasteiger partial charge in [0.25, 0.3) is 0 Å². The van der Waals surface area contributed by atoms with Crippen molar-refractivity contribution in [3.63, 3.8) is 0 Å². The number of rotatable bonds is 10. The molecule has 0 aromatic heterocycles. The van der Waals surface area contributed by atoms with E-state index in [-0.39, 0.29) is 11.0 Å². The Kier molecular flexibility index (Phi) is 10.4. The Morgan fingerprint density at radius 1 is 1.12 bits per heavy atom. The van der Waals surface area contributed by atoms with Crippen molar-refractivity contribution in [2.75, 3.05) is 27.2 Å². The number of nitrogens with one attached hydrogen (secondary N) is 1. The first-order chi connectivity index (χ1) is 8.07. The van der Waals surface area contributed by atoms with Crippen LogP contribution in [0.1, 0.15) is 51.9 Å². The zero-order valence-electron chi connectivity index (χ0n) is 11.6. The SMILES string of the molecule is CCCCCCCC(=O)[NH+]([O-])CCCN(C)C. The van der Waals surface area contributed by atoms with Crippen LogP contribution in [-0.2, 0) is 4.79 Å². The predicted molar refractivity (Wildman–Crippen MR) is 70.8 cm³/mol. The largest absolute Gasteiger partial charge is 0.627 e. The molecule has 4 heteroatoms. The average molecular weight is 244 g/mol. The number of unbranched alkanes of at least 4 members (excludes halogenated alkanes) is 4. The molecule has 1 atom stereocenters. The van der Waals surface area contributed by atoms with Gasteiger partial charge in [0.05, 0.1) is 13.0 Å². The lowest BCUT2D eigenvalue weighted by atomic mass is 10.1. The third-order valence-electron chi connectivity index (χ3n) is 2.83. The van der Waals surface area contributed by atoms with E-state index in [0.717, 1.165) is 25.8 Å². The second kappa shape index (κ2) is 10.7. The van der Waals surface area contributed by atoms with Crippen LogP contribution in [0.2, 0.25) is 0 Å². The van der Waals surface area contributed by atoms with Crippen molar-refractivity contribution >= 4 is 5.91 Å². The molecule has 0 radical (unpaired) electrons. The van der Waals surface area contributed by atoms with E-state index in [0.29, 0.717) is 13.0 Å². The molecule has 0 spiro atoms. The van der Waals surface area contributed by atoms with Crippen molar-refractivity contribution in [3.05, 3.63) is 5.21 Å². The standard InChI is InChI=1S/C13H28N2O2/c1-4-5-6-7-8-10-13(16)15(17)12-9-11-14(2)3/h15H,4-12H2,1-3H3.